The Morgan fingerprint density at radius 1 is 0.643 bits per heavy atom. The van der Waals surface area contributed by atoms with Crippen molar-refractivity contribution < 1.29 is 26.2 Å². The quantitative estimate of drug-likeness (QED) is 0.329. The van der Waals surface area contributed by atoms with Gasteiger partial charge in [-0.25, -0.2) is 0 Å². The van der Waals surface area contributed by atoms with E-state index in [1.807, 2.05) is 54.6 Å². The number of benzene rings is 3. The molecule has 0 amide bonds. The second kappa shape index (κ2) is 9.14. The number of halogens is 1. The maximum Gasteiger partial charge on any atom is 0.236 e. The molecule has 0 radical (unpaired) electrons. The van der Waals surface area contributed by atoms with Gasteiger partial charge in [-0.1, -0.05) is 54.6 Å². The molecular weight excluding hydrogens is 431 g/mol. The van der Waals surface area contributed by atoms with Gasteiger partial charge in [0.2, 0.25) is 5.78 Å². The normalized spacial score (nSPS) is 10.9. The van der Waals surface area contributed by atoms with E-state index in [4.69, 9.17) is 4.42 Å². The predicted molar refractivity (Wildman–Crippen MR) is 113 cm³/mol. The molecule has 0 atom stereocenters. The van der Waals surface area contributed by atoms with Crippen molar-refractivity contribution in [1.29, 1.82) is 0 Å². The molecule has 0 spiro atoms. The van der Waals surface area contributed by atoms with E-state index in [0.29, 0.717) is 11.9 Å². The number of rotatable bonds is 6. The van der Waals surface area contributed by atoms with Gasteiger partial charge in [0.05, 0.1) is 6.26 Å². The van der Waals surface area contributed by atoms with Crippen molar-refractivity contribution in [3.63, 3.8) is 0 Å². The highest BCUT2D eigenvalue weighted by Crippen LogP contribution is 2.55. The maximum atomic E-state index is 13.2. The van der Waals surface area contributed by atoms with Gasteiger partial charge >= 0.3 is 0 Å². The molecule has 3 aromatic carbocycles. The second-order valence-corrected chi connectivity index (χ2v) is 9.86. The van der Waals surface area contributed by atoms with Crippen molar-refractivity contribution in [3.8, 4) is 0 Å². The van der Waals surface area contributed by atoms with Crippen LogP contribution in [-0.4, -0.2) is 11.9 Å². The van der Waals surface area contributed by atoms with Gasteiger partial charge in [-0.05, 0) is 48.5 Å². The summed E-state index contributed by atoms with van der Waals surface area (Å²) in [5, 5.41) is 3.59. The van der Waals surface area contributed by atoms with Crippen molar-refractivity contribution in [2.75, 3.05) is 6.16 Å². The van der Waals surface area contributed by atoms with Gasteiger partial charge in [0, 0.05) is 0 Å². The fourth-order valence-corrected chi connectivity index (χ4v) is 7.57. The van der Waals surface area contributed by atoms with E-state index in [1.54, 1.807) is 18.4 Å². The maximum absolute atomic E-state index is 13.2. The molecule has 28 heavy (non-hydrogen) atoms. The lowest BCUT2D eigenvalue weighted by Crippen LogP contribution is -3.00. The number of carbonyl (C=O) groups excluding carboxylic acids is 1. The second-order valence-electron chi connectivity index (χ2n) is 6.37. The van der Waals surface area contributed by atoms with E-state index in [-0.39, 0.29) is 22.8 Å². The number of Topliss-reactive ketones (excluding diaryl/α,β-unsaturated/α-hetero) is 1. The zero-order chi connectivity index (χ0) is 18.5. The average Bonchev–Trinajstić information content (AvgIpc) is 3.29. The van der Waals surface area contributed by atoms with Crippen LogP contribution in [0, 0.1) is 0 Å². The summed E-state index contributed by atoms with van der Waals surface area (Å²) >= 11 is 0. The van der Waals surface area contributed by atoms with Crippen LogP contribution >= 0.6 is 7.26 Å². The Kier molecular flexibility index (Phi) is 6.61. The molecule has 0 unspecified atom stereocenters. The van der Waals surface area contributed by atoms with Crippen LogP contribution in [-0.2, 0) is 0 Å². The largest absolute Gasteiger partial charge is 1.00 e. The lowest BCUT2D eigenvalue weighted by molar-refractivity contribution is -0.0000131. The zero-order valence-electron chi connectivity index (χ0n) is 15.2. The standard InChI is InChI=1S/C24H20O2P.BrH/c25-23(24-17-10-18-26-24)19-27(20-11-4-1-5-12-20,21-13-6-2-7-14-21)22-15-8-3-9-16-22;/h1-18H,19H2;1H/q+1;/p-1. The molecule has 0 bridgehead atoms. The Balaban J connectivity index is 0.00000225. The summed E-state index contributed by atoms with van der Waals surface area (Å²) in [4.78, 5) is 13.2. The van der Waals surface area contributed by atoms with E-state index >= 15 is 0 Å². The molecule has 1 aromatic heterocycles. The van der Waals surface area contributed by atoms with Gasteiger partial charge in [-0.3, -0.25) is 4.79 Å². The summed E-state index contributed by atoms with van der Waals surface area (Å²) < 4.78 is 5.42. The van der Waals surface area contributed by atoms with E-state index in [2.05, 4.69) is 36.4 Å². The molecule has 4 heteroatoms. The molecule has 0 aliphatic rings. The number of ketones is 1. The van der Waals surface area contributed by atoms with Crippen molar-refractivity contribution in [3.05, 3.63) is 115 Å². The van der Waals surface area contributed by atoms with Gasteiger partial charge in [0.1, 0.15) is 29.3 Å². The Morgan fingerprint density at radius 2 is 1.07 bits per heavy atom. The van der Waals surface area contributed by atoms with Gasteiger partial charge in [0.25, 0.3) is 0 Å². The van der Waals surface area contributed by atoms with E-state index < -0.39 is 7.26 Å². The van der Waals surface area contributed by atoms with Crippen molar-refractivity contribution >= 4 is 29.0 Å². The minimum Gasteiger partial charge on any atom is -1.00 e. The Morgan fingerprint density at radius 3 is 1.43 bits per heavy atom. The van der Waals surface area contributed by atoms with Crippen molar-refractivity contribution in [1.82, 2.24) is 0 Å². The fourth-order valence-electron chi connectivity index (χ4n) is 3.50. The van der Waals surface area contributed by atoms with E-state index in [9.17, 15) is 4.79 Å². The fraction of sp³-hybridized carbons (Fsp3) is 0.0417. The van der Waals surface area contributed by atoms with Gasteiger partial charge in [-0.2, -0.15) is 0 Å². The van der Waals surface area contributed by atoms with Crippen LogP contribution in [0.2, 0.25) is 0 Å². The Labute approximate surface area is 176 Å². The lowest BCUT2D eigenvalue weighted by Gasteiger charge is -2.26. The van der Waals surface area contributed by atoms with Gasteiger partial charge in [-0.15, -0.1) is 0 Å². The SMILES string of the molecule is O=C(C[P+](c1ccccc1)(c1ccccc1)c1ccccc1)c1ccco1.[Br-]. The predicted octanol–water partition coefficient (Wildman–Crippen LogP) is 1.46. The molecular formula is C24H20BrO2P. The highest BCUT2D eigenvalue weighted by atomic mass is 79.9. The van der Waals surface area contributed by atoms with E-state index in [0.717, 1.165) is 0 Å². The highest BCUT2D eigenvalue weighted by molar-refractivity contribution is 7.96. The monoisotopic (exact) mass is 450 g/mol. The minimum absolute atomic E-state index is 0. The summed E-state index contributed by atoms with van der Waals surface area (Å²) in [6, 6.07) is 34.7. The molecule has 4 rings (SSSR count). The first-order chi connectivity index (χ1) is 13.3. The zero-order valence-corrected chi connectivity index (χ0v) is 17.7. The minimum atomic E-state index is -2.16. The summed E-state index contributed by atoms with van der Waals surface area (Å²) in [6.07, 6.45) is 1.96. The molecule has 0 saturated carbocycles. The lowest BCUT2D eigenvalue weighted by atomic mass is 10.3. The molecule has 0 saturated heterocycles. The summed E-state index contributed by atoms with van der Waals surface area (Å²) in [5.41, 5.74) is 0. The van der Waals surface area contributed by atoms with Crippen LogP contribution in [0.5, 0.6) is 0 Å². The summed E-state index contributed by atoms with van der Waals surface area (Å²) in [6.45, 7) is 0. The van der Waals surface area contributed by atoms with Gasteiger partial charge in [0.15, 0.2) is 5.76 Å². The molecule has 0 aliphatic carbocycles. The third-order valence-corrected chi connectivity index (χ3v) is 9.07. The molecule has 0 N–H and O–H groups in total. The smallest absolute Gasteiger partial charge is 0.236 e. The van der Waals surface area contributed by atoms with Crippen LogP contribution in [0.1, 0.15) is 10.6 Å². The topological polar surface area (TPSA) is 30.2 Å². The molecule has 1 heterocycles. The van der Waals surface area contributed by atoms with Crippen LogP contribution in [0.3, 0.4) is 0 Å². The van der Waals surface area contributed by atoms with Crippen molar-refractivity contribution in [2.45, 2.75) is 0 Å². The third kappa shape index (κ3) is 3.87. The van der Waals surface area contributed by atoms with Gasteiger partial charge < -0.3 is 21.4 Å². The molecule has 4 aromatic rings. The van der Waals surface area contributed by atoms with Crippen LogP contribution < -0.4 is 32.9 Å². The van der Waals surface area contributed by atoms with Crippen LogP contribution in [0.15, 0.2) is 114 Å². The first-order valence-electron chi connectivity index (χ1n) is 8.92. The number of carbonyl (C=O) groups is 1. The first-order valence-corrected chi connectivity index (χ1v) is 10.9. The van der Waals surface area contributed by atoms with Crippen LogP contribution in [0.4, 0.5) is 0 Å². The van der Waals surface area contributed by atoms with E-state index in [1.165, 1.54) is 15.9 Å². The van der Waals surface area contributed by atoms with Crippen molar-refractivity contribution in [2.24, 2.45) is 0 Å². The molecule has 0 fully saturated rings. The molecule has 0 aliphatic heterocycles. The molecule has 2 nitrogen and oxygen atoms in total. The Hall–Kier alpha value is -2.48. The Bertz CT molecular complexity index is 904. The highest BCUT2D eigenvalue weighted by Gasteiger charge is 2.47. The summed E-state index contributed by atoms with van der Waals surface area (Å²) in [5.74, 6) is 0.451. The average molecular weight is 451 g/mol. The molecule has 140 valence electrons. The number of hydrogen-bond acceptors (Lipinski definition) is 2. The van der Waals surface area contributed by atoms with Crippen LogP contribution in [0.25, 0.3) is 0 Å². The third-order valence-electron chi connectivity index (χ3n) is 4.77. The number of furan rings is 1. The number of hydrogen-bond donors (Lipinski definition) is 0. The summed E-state index contributed by atoms with van der Waals surface area (Å²) in [7, 11) is -2.16. The first kappa shape index (κ1) is 20.3.